The molecule has 1 fully saturated rings. The molecule has 1 aliphatic rings. The number of carbonyl (C=O) groups excluding carboxylic acids is 1. The highest BCUT2D eigenvalue weighted by Crippen LogP contribution is 2.26. The first-order valence-corrected chi connectivity index (χ1v) is 9.62. The molecule has 12 heteroatoms. The number of nitrogens with zero attached hydrogens (tertiary/aromatic N) is 5. The third kappa shape index (κ3) is 3.79. The fourth-order valence-corrected chi connectivity index (χ4v) is 3.07. The van der Waals surface area contributed by atoms with E-state index >= 15 is 0 Å². The number of rotatable bonds is 6. The van der Waals surface area contributed by atoms with Gasteiger partial charge in [-0.2, -0.15) is 9.61 Å². The first-order valence-electron chi connectivity index (χ1n) is 8.66. The molecular weight excluding hydrogens is 494 g/mol. The average molecular weight is 510 g/mol. The van der Waals surface area contributed by atoms with E-state index in [0.29, 0.717) is 18.1 Å². The Hall–Kier alpha value is -3.03. The van der Waals surface area contributed by atoms with Gasteiger partial charge in [-0.05, 0) is 12.1 Å². The average Bonchev–Trinajstić information content (AvgIpc) is 3.22. The molecule has 3 heterocycles. The highest BCUT2D eigenvalue weighted by molar-refractivity contribution is 14.1. The summed E-state index contributed by atoms with van der Waals surface area (Å²) < 4.78 is 19.7. The molecule has 3 aromatic rings. The van der Waals surface area contributed by atoms with E-state index in [0.717, 1.165) is 0 Å². The maximum absolute atomic E-state index is 13.1. The third-order valence-electron chi connectivity index (χ3n) is 4.41. The summed E-state index contributed by atoms with van der Waals surface area (Å²) in [5.74, 6) is 0.445. The highest BCUT2D eigenvalue weighted by atomic mass is 127. The molecule has 0 saturated heterocycles. The van der Waals surface area contributed by atoms with Gasteiger partial charge in [-0.1, -0.05) is 0 Å². The lowest BCUT2D eigenvalue weighted by Crippen LogP contribution is -2.27. The summed E-state index contributed by atoms with van der Waals surface area (Å²) in [6, 6.07) is 4.50. The lowest BCUT2D eigenvalue weighted by atomic mass is 10.3. The topological polar surface area (TPSA) is 118 Å². The third-order valence-corrected chi connectivity index (χ3v) is 4.66. The Bertz CT molecular complexity index is 1170. The number of carbonyl (C=O) groups is 1. The molecular formula is C17H16FIN8O2. The van der Waals surface area contributed by atoms with Gasteiger partial charge in [0.05, 0.1) is 35.1 Å². The van der Waals surface area contributed by atoms with Crippen molar-refractivity contribution in [1.82, 2.24) is 24.5 Å². The van der Waals surface area contributed by atoms with Gasteiger partial charge in [0, 0.05) is 25.7 Å². The molecule has 1 saturated carbocycles. The standard InChI is InChI=1S/C17H16FIN8O2/c1-20-14-6-13(23-11-3-2-4-26(8-21-19)17(11)29)25-15-9(7-22-27(14)15)16(28)24-12-5-10(12)18/h2-4,6-8,10,12,20H,5H2,1H3,(H,23,25)(H,24,28)/b21-8+/t10-,12+/m0/s1. The Morgan fingerprint density at radius 2 is 2.28 bits per heavy atom. The van der Waals surface area contributed by atoms with E-state index in [1.807, 2.05) is 0 Å². The minimum atomic E-state index is -1.01. The van der Waals surface area contributed by atoms with Crippen molar-refractivity contribution in [3.05, 3.63) is 46.5 Å². The molecule has 10 nitrogen and oxygen atoms in total. The zero-order valence-corrected chi connectivity index (χ0v) is 17.3. The quantitative estimate of drug-likeness (QED) is 0.264. The van der Waals surface area contributed by atoms with Crippen LogP contribution in [-0.4, -0.2) is 50.7 Å². The van der Waals surface area contributed by atoms with Gasteiger partial charge in [0.2, 0.25) is 0 Å². The maximum Gasteiger partial charge on any atom is 0.279 e. The SMILES string of the molecule is CNc1cc(Nc2cccn(/C=N/I)c2=O)nc2c(C(=O)N[C@@H]3C[C@@H]3F)cnn12. The number of aromatic nitrogens is 4. The number of hydrogen-bond donors (Lipinski definition) is 3. The second-order valence-corrected chi connectivity index (χ2v) is 6.93. The predicted octanol–water partition coefficient (Wildman–Crippen LogP) is 1.74. The van der Waals surface area contributed by atoms with Crippen LogP contribution in [0.15, 0.2) is 38.6 Å². The number of amides is 1. The molecule has 1 aliphatic carbocycles. The van der Waals surface area contributed by atoms with Gasteiger partial charge in [0.25, 0.3) is 11.5 Å². The van der Waals surface area contributed by atoms with Gasteiger partial charge < -0.3 is 16.0 Å². The van der Waals surface area contributed by atoms with Crippen LogP contribution < -0.4 is 21.5 Å². The normalized spacial score (nSPS) is 18.2. The molecule has 3 aromatic heterocycles. The van der Waals surface area contributed by atoms with Crippen LogP contribution in [0.1, 0.15) is 16.8 Å². The molecule has 4 rings (SSSR count). The summed E-state index contributed by atoms with van der Waals surface area (Å²) in [5.41, 5.74) is 0.464. The van der Waals surface area contributed by atoms with E-state index in [4.69, 9.17) is 0 Å². The summed E-state index contributed by atoms with van der Waals surface area (Å²) in [4.78, 5) is 29.4. The Labute approximate surface area is 177 Å². The van der Waals surface area contributed by atoms with Gasteiger partial charge in [-0.3, -0.25) is 14.2 Å². The van der Waals surface area contributed by atoms with Crippen molar-refractivity contribution >= 4 is 58.1 Å². The van der Waals surface area contributed by atoms with E-state index < -0.39 is 18.1 Å². The van der Waals surface area contributed by atoms with Crippen LogP contribution in [0.2, 0.25) is 0 Å². The molecule has 150 valence electrons. The van der Waals surface area contributed by atoms with Crippen LogP contribution in [0.25, 0.3) is 5.65 Å². The van der Waals surface area contributed by atoms with Crippen molar-refractivity contribution in [1.29, 1.82) is 0 Å². The van der Waals surface area contributed by atoms with E-state index in [1.54, 1.807) is 54.3 Å². The first-order chi connectivity index (χ1) is 14.0. The summed E-state index contributed by atoms with van der Waals surface area (Å²) in [5, 5.41) is 12.8. The summed E-state index contributed by atoms with van der Waals surface area (Å²) >= 11 is 1.78. The van der Waals surface area contributed by atoms with Crippen molar-refractivity contribution in [2.75, 3.05) is 17.7 Å². The van der Waals surface area contributed by atoms with E-state index in [9.17, 15) is 14.0 Å². The van der Waals surface area contributed by atoms with Crippen LogP contribution in [0.4, 0.5) is 21.7 Å². The molecule has 3 N–H and O–H groups in total. The molecule has 0 unspecified atom stereocenters. The fraction of sp³-hybridized carbons (Fsp3) is 0.235. The van der Waals surface area contributed by atoms with Gasteiger partial charge >= 0.3 is 0 Å². The van der Waals surface area contributed by atoms with Crippen molar-refractivity contribution < 1.29 is 9.18 Å². The number of fused-ring (bicyclic) bond motifs is 1. The molecule has 2 atom stereocenters. The summed E-state index contributed by atoms with van der Waals surface area (Å²) in [6.45, 7) is 0. The number of pyridine rings is 1. The zero-order valence-electron chi connectivity index (χ0n) is 15.1. The molecule has 0 radical (unpaired) electrons. The lowest BCUT2D eigenvalue weighted by Gasteiger charge is -2.10. The summed E-state index contributed by atoms with van der Waals surface area (Å²) in [6.07, 6.45) is 3.66. The Kier molecular flexibility index (Phi) is 5.17. The van der Waals surface area contributed by atoms with Gasteiger partial charge in [-0.15, -0.1) is 0 Å². The van der Waals surface area contributed by atoms with Crippen molar-refractivity contribution in [3.8, 4) is 0 Å². The van der Waals surface area contributed by atoms with Crippen LogP contribution in [-0.2, 0) is 0 Å². The minimum Gasteiger partial charge on any atom is -0.373 e. The highest BCUT2D eigenvalue weighted by Gasteiger charge is 2.39. The molecule has 0 aromatic carbocycles. The second-order valence-electron chi connectivity index (χ2n) is 6.37. The van der Waals surface area contributed by atoms with Crippen LogP contribution in [0.5, 0.6) is 0 Å². The number of hydrogen-bond acceptors (Lipinski definition) is 7. The fourth-order valence-electron chi connectivity index (χ4n) is 2.81. The maximum atomic E-state index is 13.1. The Balaban J connectivity index is 1.72. The number of halogens is 2. The first kappa shape index (κ1) is 19.3. The molecule has 0 aliphatic heterocycles. The molecule has 0 spiro atoms. The number of anilines is 3. The van der Waals surface area contributed by atoms with E-state index in [2.05, 4.69) is 29.2 Å². The molecule has 0 bridgehead atoms. The molecule has 29 heavy (non-hydrogen) atoms. The second kappa shape index (κ2) is 7.77. The Morgan fingerprint density at radius 3 is 2.97 bits per heavy atom. The lowest BCUT2D eigenvalue weighted by molar-refractivity contribution is 0.0949. The van der Waals surface area contributed by atoms with Gasteiger partial charge in [0.1, 0.15) is 35.4 Å². The number of alkyl halides is 1. The van der Waals surface area contributed by atoms with Gasteiger partial charge in [0.15, 0.2) is 5.65 Å². The predicted molar refractivity (Wildman–Crippen MR) is 115 cm³/mol. The van der Waals surface area contributed by atoms with Crippen molar-refractivity contribution in [3.63, 3.8) is 0 Å². The zero-order chi connectivity index (χ0) is 20.5. The van der Waals surface area contributed by atoms with Crippen molar-refractivity contribution in [2.45, 2.75) is 18.6 Å². The van der Waals surface area contributed by atoms with Crippen LogP contribution in [0.3, 0.4) is 0 Å². The smallest absolute Gasteiger partial charge is 0.279 e. The molecule has 1 amide bonds. The largest absolute Gasteiger partial charge is 0.373 e. The minimum absolute atomic E-state index is 0.215. The summed E-state index contributed by atoms with van der Waals surface area (Å²) in [7, 11) is 1.70. The van der Waals surface area contributed by atoms with Crippen LogP contribution >= 0.6 is 22.9 Å². The monoisotopic (exact) mass is 510 g/mol. The number of nitrogens with one attached hydrogen (secondary N) is 3. The van der Waals surface area contributed by atoms with E-state index in [-0.39, 0.29) is 22.5 Å². The van der Waals surface area contributed by atoms with Crippen LogP contribution in [0, 0.1) is 0 Å². The Morgan fingerprint density at radius 1 is 1.48 bits per heavy atom. The van der Waals surface area contributed by atoms with E-state index in [1.165, 1.54) is 21.6 Å². The van der Waals surface area contributed by atoms with Crippen molar-refractivity contribution in [2.24, 2.45) is 3.21 Å². The van der Waals surface area contributed by atoms with Gasteiger partial charge in [-0.25, -0.2) is 12.6 Å².